The number of nitrogens with zero attached hydrogens (tertiary/aromatic N) is 4. The average Bonchev–Trinajstić information content (AvgIpc) is 3.66. The van der Waals surface area contributed by atoms with Crippen LogP contribution in [-0.4, -0.2) is 48.9 Å². The Morgan fingerprint density at radius 1 is 1.24 bits per heavy atom. The normalized spacial score (nSPS) is 14.6. The fourth-order valence-electron chi connectivity index (χ4n) is 4.46. The Labute approximate surface area is 221 Å². The Morgan fingerprint density at radius 2 is 2.03 bits per heavy atom. The third-order valence-electron chi connectivity index (χ3n) is 6.14. The number of hydrogen-bond donors (Lipinski definition) is 3. The molecule has 1 atom stereocenters. The summed E-state index contributed by atoms with van der Waals surface area (Å²) in [7, 11) is 0. The van der Waals surface area contributed by atoms with Crippen molar-refractivity contribution in [2.24, 2.45) is 0 Å². The minimum Gasteiger partial charge on any atom is -0.357 e. The van der Waals surface area contributed by atoms with E-state index >= 15 is 0 Å². The predicted octanol–water partition coefficient (Wildman–Crippen LogP) is 3.99. The van der Waals surface area contributed by atoms with Gasteiger partial charge in [-0.15, -0.1) is 0 Å². The van der Waals surface area contributed by atoms with Crippen molar-refractivity contribution in [2.75, 3.05) is 17.2 Å². The molecule has 0 radical (unpaired) electrons. The van der Waals surface area contributed by atoms with Gasteiger partial charge in [-0.1, -0.05) is 37.0 Å². The third-order valence-corrected chi connectivity index (χ3v) is 6.97. The summed E-state index contributed by atoms with van der Waals surface area (Å²) in [6.45, 7) is 6.37. The number of amides is 3. The van der Waals surface area contributed by atoms with Gasteiger partial charge in [0.2, 0.25) is 5.91 Å². The van der Waals surface area contributed by atoms with Gasteiger partial charge >= 0.3 is 0 Å². The number of thiazole rings is 1. The van der Waals surface area contributed by atoms with E-state index in [-0.39, 0.29) is 40.9 Å². The molecule has 4 aromatic rings. The number of hydrogen-bond acceptors (Lipinski definition) is 6. The zero-order chi connectivity index (χ0) is 26.8. The van der Waals surface area contributed by atoms with Crippen LogP contribution >= 0.6 is 11.3 Å². The maximum Gasteiger partial charge on any atom is 0.278 e. The summed E-state index contributed by atoms with van der Waals surface area (Å²) in [4.78, 5) is 46.9. The molecule has 3 aromatic heterocycles. The van der Waals surface area contributed by atoms with Crippen LogP contribution in [0, 0.1) is 5.82 Å². The topological polar surface area (TPSA) is 125 Å². The summed E-state index contributed by atoms with van der Waals surface area (Å²) in [6, 6.07) is 9.57. The highest BCUT2D eigenvalue weighted by atomic mass is 32.1. The molecule has 4 heterocycles. The molecule has 3 amide bonds. The van der Waals surface area contributed by atoms with E-state index in [1.54, 1.807) is 40.0 Å². The number of anilines is 2. The lowest BCUT2D eigenvalue weighted by Gasteiger charge is -2.32. The van der Waals surface area contributed by atoms with Gasteiger partial charge in [-0.3, -0.25) is 24.4 Å². The number of carbonyl (C=O) groups excluding carboxylic acids is 3. The first-order chi connectivity index (χ1) is 18.3. The molecule has 3 N–H and O–H groups in total. The van der Waals surface area contributed by atoms with Crippen molar-refractivity contribution in [1.29, 1.82) is 0 Å². The fourth-order valence-corrected chi connectivity index (χ4v) is 5.18. The number of fused-ring (bicyclic) bond motifs is 1. The molecule has 1 aliphatic heterocycles. The van der Waals surface area contributed by atoms with E-state index in [9.17, 15) is 18.8 Å². The molecule has 0 spiro atoms. The van der Waals surface area contributed by atoms with Crippen molar-refractivity contribution in [3.63, 3.8) is 0 Å². The van der Waals surface area contributed by atoms with Crippen LogP contribution in [0.1, 0.15) is 50.6 Å². The van der Waals surface area contributed by atoms with Gasteiger partial charge in [-0.2, -0.15) is 5.10 Å². The van der Waals surface area contributed by atoms with Crippen LogP contribution in [0.2, 0.25) is 0 Å². The molecule has 12 heteroatoms. The summed E-state index contributed by atoms with van der Waals surface area (Å²) in [5.41, 5.74) is 2.93. The minimum absolute atomic E-state index is 0.118. The van der Waals surface area contributed by atoms with E-state index in [1.807, 2.05) is 6.92 Å². The van der Waals surface area contributed by atoms with E-state index in [4.69, 9.17) is 0 Å². The number of halogens is 1. The first-order valence-electron chi connectivity index (χ1n) is 11.8. The number of nitrogens with one attached hydrogen (secondary N) is 3. The molecule has 1 aromatic carbocycles. The SMILES string of the molecule is C=CC(=O)Nc1cnc(NC(=O)c2nn(Cc3ccc(F)cc3)c3c2CN(C(=O)c2ccc[nH]2)CC3C)s1. The van der Waals surface area contributed by atoms with Crippen LogP contribution in [0.15, 0.2) is 61.4 Å². The first-order valence-corrected chi connectivity index (χ1v) is 12.6. The van der Waals surface area contributed by atoms with Gasteiger partial charge < -0.3 is 15.2 Å². The highest BCUT2D eigenvalue weighted by Gasteiger charge is 2.34. The number of aromatic nitrogens is 4. The highest BCUT2D eigenvalue weighted by molar-refractivity contribution is 7.19. The highest BCUT2D eigenvalue weighted by Crippen LogP contribution is 2.33. The molecule has 0 bridgehead atoms. The van der Waals surface area contributed by atoms with Crippen LogP contribution in [0.4, 0.5) is 14.5 Å². The van der Waals surface area contributed by atoms with Crippen molar-refractivity contribution < 1.29 is 18.8 Å². The number of aromatic amines is 1. The van der Waals surface area contributed by atoms with Gasteiger partial charge in [-0.05, 0) is 35.9 Å². The molecule has 38 heavy (non-hydrogen) atoms. The Balaban J connectivity index is 1.47. The van der Waals surface area contributed by atoms with Crippen molar-refractivity contribution in [3.8, 4) is 0 Å². The van der Waals surface area contributed by atoms with Crippen LogP contribution < -0.4 is 10.6 Å². The maximum atomic E-state index is 13.5. The zero-order valence-corrected chi connectivity index (χ0v) is 21.2. The summed E-state index contributed by atoms with van der Waals surface area (Å²) < 4.78 is 15.2. The molecule has 0 fully saturated rings. The van der Waals surface area contributed by atoms with E-state index in [0.717, 1.165) is 28.7 Å². The van der Waals surface area contributed by atoms with Crippen LogP contribution in [0.5, 0.6) is 0 Å². The van der Waals surface area contributed by atoms with Crippen LogP contribution in [0.3, 0.4) is 0 Å². The van der Waals surface area contributed by atoms with Crippen molar-refractivity contribution >= 4 is 39.2 Å². The molecule has 194 valence electrons. The average molecular weight is 534 g/mol. The second kappa shape index (κ2) is 10.4. The molecule has 0 saturated heterocycles. The second-order valence-electron chi connectivity index (χ2n) is 8.84. The molecule has 0 aliphatic carbocycles. The standard InChI is InChI=1S/C26H24FN7O3S/c1-3-20(35)30-21-11-29-26(38-21)31-24(36)22-18-14-33(25(37)19-5-4-10-28-19)12-15(2)23(18)34(32-22)13-16-6-8-17(27)9-7-16/h3-11,15,28H,1,12-14H2,2H3,(H,30,35)(H,29,31,36). The molecule has 1 aliphatic rings. The molecule has 10 nitrogen and oxygen atoms in total. The molecular formula is C26H24FN7O3S. The summed E-state index contributed by atoms with van der Waals surface area (Å²) in [5.74, 6) is -1.51. The Hall–Kier alpha value is -4.58. The fraction of sp³-hybridized carbons (Fsp3) is 0.192. The monoisotopic (exact) mass is 533 g/mol. The van der Waals surface area contributed by atoms with Gasteiger partial charge in [-0.25, -0.2) is 9.37 Å². The first kappa shape index (κ1) is 25.1. The molecule has 0 saturated carbocycles. The van der Waals surface area contributed by atoms with Crippen LogP contribution in [-0.2, 0) is 17.9 Å². The molecule has 5 rings (SSSR count). The Morgan fingerprint density at radius 3 is 2.74 bits per heavy atom. The van der Waals surface area contributed by atoms with Gasteiger partial charge in [0.05, 0.1) is 19.3 Å². The summed E-state index contributed by atoms with van der Waals surface area (Å²) in [6.07, 6.45) is 4.26. The lowest BCUT2D eigenvalue weighted by molar-refractivity contribution is -0.111. The minimum atomic E-state index is -0.489. The summed E-state index contributed by atoms with van der Waals surface area (Å²) in [5, 5.41) is 10.7. The molecular weight excluding hydrogens is 509 g/mol. The van der Waals surface area contributed by atoms with Crippen LogP contribution in [0.25, 0.3) is 0 Å². The van der Waals surface area contributed by atoms with Gasteiger partial charge in [0.25, 0.3) is 11.8 Å². The van der Waals surface area contributed by atoms with Gasteiger partial charge in [0, 0.05) is 29.9 Å². The lowest BCUT2D eigenvalue weighted by atomic mass is 9.95. The number of H-pyrrole nitrogens is 1. The van der Waals surface area contributed by atoms with E-state index in [2.05, 4.69) is 32.3 Å². The largest absolute Gasteiger partial charge is 0.357 e. The quantitative estimate of drug-likeness (QED) is 0.310. The second-order valence-corrected chi connectivity index (χ2v) is 9.87. The van der Waals surface area contributed by atoms with Gasteiger partial charge in [0.15, 0.2) is 10.8 Å². The number of carbonyl (C=O) groups is 3. The van der Waals surface area contributed by atoms with E-state index in [0.29, 0.717) is 29.3 Å². The van der Waals surface area contributed by atoms with Crippen molar-refractivity contribution in [2.45, 2.75) is 25.9 Å². The lowest BCUT2D eigenvalue weighted by Crippen LogP contribution is -2.38. The number of rotatable bonds is 7. The third kappa shape index (κ3) is 5.11. The van der Waals surface area contributed by atoms with Gasteiger partial charge in [0.1, 0.15) is 16.5 Å². The van der Waals surface area contributed by atoms with E-state index in [1.165, 1.54) is 18.3 Å². The Kier molecular flexibility index (Phi) is 6.88. The van der Waals surface area contributed by atoms with Crippen molar-refractivity contribution in [1.82, 2.24) is 24.6 Å². The predicted molar refractivity (Wildman–Crippen MR) is 141 cm³/mol. The maximum absolute atomic E-state index is 13.5. The van der Waals surface area contributed by atoms with Crippen molar-refractivity contribution in [3.05, 3.63) is 95.5 Å². The number of benzene rings is 1. The Bertz CT molecular complexity index is 1510. The molecule has 1 unspecified atom stereocenters. The summed E-state index contributed by atoms with van der Waals surface area (Å²) >= 11 is 1.09. The van der Waals surface area contributed by atoms with E-state index < -0.39 is 5.91 Å². The zero-order valence-electron chi connectivity index (χ0n) is 20.4. The smallest absolute Gasteiger partial charge is 0.278 e.